The number of carbonyl (C=O) groups excluding carboxylic acids is 4. The van der Waals surface area contributed by atoms with Gasteiger partial charge in [-0.25, -0.2) is 19.2 Å². The monoisotopic (exact) mass is 744 g/mol. The largest absolute Gasteiger partial charge is 0.456 e. The van der Waals surface area contributed by atoms with E-state index in [0.29, 0.717) is 48.8 Å². The summed E-state index contributed by atoms with van der Waals surface area (Å²) in [6.07, 6.45) is 2.73. The summed E-state index contributed by atoms with van der Waals surface area (Å²) in [7, 11) is -8.99. The van der Waals surface area contributed by atoms with E-state index in [1.165, 1.54) is 0 Å². The Labute approximate surface area is 288 Å². The number of esters is 4. The average Bonchev–Trinajstić information content (AvgIpc) is 3.82. The number of unbranched alkanes of at least 4 members (excludes halogenated alkanes) is 1. The van der Waals surface area contributed by atoms with Crippen LogP contribution in [0.25, 0.3) is 22.3 Å². The number of carbonyl (C=O) groups is 4. The van der Waals surface area contributed by atoms with E-state index in [0.717, 1.165) is 41.7 Å². The van der Waals surface area contributed by atoms with Crippen LogP contribution in [0.5, 0.6) is 0 Å². The van der Waals surface area contributed by atoms with Crippen LogP contribution in [0, 0.1) is 0 Å². The standard InChI is InChI=1S/C33H44O12Si4/c1-46(2,44-48(5,6)22-18-20-24-26(28(22)40-20)32(36)42-30(24)34)16-11-14-38-12-9-10-13-39-15-17-47(3,4)45-49(7,8)23-19-21-25-27(29(23)41-21)33(37)43-31(25)35/h18-19H,9-17H2,1-8H3. The Hall–Kier alpha value is -2.97. The highest BCUT2D eigenvalue weighted by molar-refractivity contribution is 6.94. The molecular weight excluding hydrogens is 701 g/mol. The molecule has 264 valence electrons. The molecule has 6 rings (SSSR count). The molecule has 0 amide bonds. The molecule has 4 aromatic heterocycles. The molecule has 0 N–H and O–H groups in total. The van der Waals surface area contributed by atoms with Crippen molar-refractivity contribution in [2.75, 3.05) is 26.4 Å². The summed E-state index contributed by atoms with van der Waals surface area (Å²) in [5, 5.41) is 1.78. The van der Waals surface area contributed by atoms with Crippen molar-refractivity contribution in [3.63, 3.8) is 0 Å². The van der Waals surface area contributed by atoms with Crippen LogP contribution in [0.1, 0.15) is 60.7 Å². The molecule has 2 aliphatic heterocycles. The van der Waals surface area contributed by atoms with Gasteiger partial charge >= 0.3 is 23.9 Å². The number of benzene rings is 2. The first-order valence-corrected chi connectivity index (χ1v) is 28.8. The van der Waals surface area contributed by atoms with E-state index in [4.69, 9.17) is 36.0 Å². The summed E-state index contributed by atoms with van der Waals surface area (Å²) in [6, 6.07) is 5.46. The maximum Gasteiger partial charge on any atom is 0.350 e. The molecule has 49 heavy (non-hydrogen) atoms. The maximum absolute atomic E-state index is 12.2. The zero-order chi connectivity index (χ0) is 35.5. The van der Waals surface area contributed by atoms with Crippen molar-refractivity contribution >= 4 is 89.9 Å². The maximum atomic E-state index is 12.2. The van der Waals surface area contributed by atoms with E-state index in [2.05, 4.69) is 52.4 Å². The fourth-order valence-electron chi connectivity index (χ4n) is 7.06. The molecule has 0 atom stereocenters. The lowest BCUT2D eigenvalue weighted by Gasteiger charge is -2.33. The third-order valence-corrected chi connectivity index (χ3v) is 24.0. The van der Waals surface area contributed by atoms with Gasteiger partial charge in [-0.2, -0.15) is 0 Å². The van der Waals surface area contributed by atoms with Crippen LogP contribution in [-0.4, -0.2) is 83.6 Å². The number of rotatable bonds is 18. The highest BCUT2D eigenvalue weighted by Crippen LogP contribution is 2.37. The zero-order valence-corrected chi connectivity index (χ0v) is 33.4. The molecule has 0 radical (unpaired) electrons. The van der Waals surface area contributed by atoms with Gasteiger partial charge < -0.3 is 36.0 Å². The summed E-state index contributed by atoms with van der Waals surface area (Å²) >= 11 is 0. The molecule has 4 bridgehead atoms. The molecule has 0 spiro atoms. The fourth-order valence-corrected chi connectivity index (χ4v) is 23.8. The van der Waals surface area contributed by atoms with Gasteiger partial charge in [-0.3, -0.25) is 0 Å². The van der Waals surface area contributed by atoms with E-state index < -0.39 is 57.1 Å². The Bertz CT molecular complexity index is 1770. The van der Waals surface area contributed by atoms with Crippen molar-refractivity contribution in [1.29, 1.82) is 0 Å². The van der Waals surface area contributed by atoms with Gasteiger partial charge in [0.1, 0.15) is 44.6 Å². The molecule has 0 saturated carbocycles. The molecule has 16 heteroatoms. The van der Waals surface area contributed by atoms with Crippen LogP contribution in [0.2, 0.25) is 64.5 Å². The van der Waals surface area contributed by atoms with Gasteiger partial charge in [-0.1, -0.05) is 0 Å². The van der Waals surface area contributed by atoms with Gasteiger partial charge in [0, 0.05) is 36.8 Å². The first-order chi connectivity index (χ1) is 22.9. The Kier molecular flexibility index (Phi) is 9.49. The molecule has 0 fully saturated rings. The molecule has 0 unspecified atom stereocenters. The van der Waals surface area contributed by atoms with E-state index in [9.17, 15) is 19.2 Å². The topological polar surface area (TPSA) is 150 Å². The molecule has 0 aromatic carbocycles. The normalized spacial score (nSPS) is 15.7. The van der Waals surface area contributed by atoms with E-state index in [1.807, 2.05) is 12.1 Å². The molecular formula is C33H44O12Si4. The van der Waals surface area contributed by atoms with Crippen molar-refractivity contribution in [2.24, 2.45) is 0 Å². The Morgan fingerprint density at radius 1 is 0.510 bits per heavy atom. The lowest BCUT2D eigenvalue weighted by molar-refractivity contribution is 0.0425. The summed E-state index contributed by atoms with van der Waals surface area (Å²) < 4.78 is 46.5. The number of furan rings is 4. The first kappa shape index (κ1) is 35.8. The predicted molar refractivity (Wildman–Crippen MR) is 191 cm³/mol. The number of hydrogen-bond donors (Lipinski definition) is 0. The van der Waals surface area contributed by atoms with Crippen LogP contribution >= 0.6 is 0 Å². The van der Waals surface area contributed by atoms with Gasteiger partial charge in [0.25, 0.3) is 0 Å². The Balaban J connectivity index is 0.848. The third-order valence-electron chi connectivity index (χ3n) is 9.20. The lowest BCUT2D eigenvalue weighted by Crippen LogP contribution is -2.52. The van der Waals surface area contributed by atoms with Gasteiger partial charge in [-0.15, -0.1) is 0 Å². The molecule has 0 aliphatic carbocycles. The van der Waals surface area contributed by atoms with Crippen molar-refractivity contribution in [3.05, 3.63) is 34.4 Å². The van der Waals surface area contributed by atoms with Crippen molar-refractivity contribution in [2.45, 2.75) is 83.7 Å². The van der Waals surface area contributed by atoms with Gasteiger partial charge in [0.15, 0.2) is 16.6 Å². The zero-order valence-electron chi connectivity index (χ0n) is 29.4. The van der Waals surface area contributed by atoms with Crippen LogP contribution in [-0.2, 0) is 27.2 Å². The van der Waals surface area contributed by atoms with E-state index >= 15 is 0 Å². The molecule has 4 aromatic rings. The van der Waals surface area contributed by atoms with Crippen LogP contribution < -0.4 is 10.4 Å². The smallest absolute Gasteiger partial charge is 0.350 e. The van der Waals surface area contributed by atoms with Gasteiger partial charge in [0.2, 0.25) is 16.6 Å². The molecule has 0 saturated heterocycles. The number of ether oxygens (including phenoxy) is 4. The SMILES string of the molecule is C[Si](C)(CCCOCCCCOCC[Si](C)(C)O[Si](C)(C)c1cc2oc1c1c2C(=O)OC1=O)O[Si](C)(C)c1cc2oc1c1c2C(=O)OC1=O. The molecule has 6 heterocycles. The van der Waals surface area contributed by atoms with Crippen molar-refractivity contribution in [3.8, 4) is 0 Å². The van der Waals surface area contributed by atoms with Crippen LogP contribution in [0.15, 0.2) is 21.0 Å². The van der Waals surface area contributed by atoms with Gasteiger partial charge in [0.05, 0.1) is 0 Å². The number of hydrogen-bond acceptors (Lipinski definition) is 12. The van der Waals surface area contributed by atoms with E-state index in [-0.39, 0.29) is 22.3 Å². The summed E-state index contributed by atoms with van der Waals surface area (Å²) in [5.74, 6) is -2.58. The summed E-state index contributed by atoms with van der Waals surface area (Å²) in [4.78, 5) is 48.3. The first-order valence-electron chi connectivity index (χ1n) is 16.8. The number of fused-ring (bicyclic) bond motifs is 10. The second-order valence-corrected chi connectivity index (χ2v) is 31.9. The third kappa shape index (κ3) is 7.01. The summed E-state index contributed by atoms with van der Waals surface area (Å²) in [6.45, 7) is 19.8. The highest BCUT2D eigenvalue weighted by Gasteiger charge is 2.46. The molecule has 2 aliphatic rings. The quantitative estimate of drug-likeness (QED) is 0.0521. The summed E-state index contributed by atoms with van der Waals surface area (Å²) in [5.41, 5.74) is 2.62. The minimum absolute atomic E-state index is 0.235. The van der Waals surface area contributed by atoms with Crippen molar-refractivity contribution < 1.29 is 55.2 Å². The van der Waals surface area contributed by atoms with Gasteiger partial charge in [-0.05, 0) is 95.9 Å². The molecule has 12 nitrogen and oxygen atoms in total. The van der Waals surface area contributed by atoms with Crippen LogP contribution in [0.4, 0.5) is 0 Å². The van der Waals surface area contributed by atoms with Crippen LogP contribution in [0.3, 0.4) is 0 Å². The lowest BCUT2D eigenvalue weighted by atomic mass is 10.1. The Morgan fingerprint density at radius 3 is 1.37 bits per heavy atom. The second-order valence-electron chi connectivity index (χ2n) is 15.1. The van der Waals surface area contributed by atoms with Crippen molar-refractivity contribution in [1.82, 2.24) is 0 Å². The van der Waals surface area contributed by atoms with E-state index in [1.54, 1.807) is 0 Å². The Morgan fingerprint density at radius 2 is 0.898 bits per heavy atom. The highest BCUT2D eigenvalue weighted by atomic mass is 28.4. The average molecular weight is 745 g/mol. The minimum Gasteiger partial charge on any atom is -0.456 e. The fraction of sp³-hybridized carbons (Fsp3) is 0.515. The number of cyclic esters (lactones) is 4. The second kappa shape index (κ2) is 13.0. The minimum atomic E-state index is -2.44. The predicted octanol–water partition coefficient (Wildman–Crippen LogP) is 5.85.